The summed E-state index contributed by atoms with van der Waals surface area (Å²) in [5.74, 6) is 0.172. The van der Waals surface area contributed by atoms with E-state index in [1.165, 1.54) is 0 Å². The Balaban J connectivity index is 1.94. The average Bonchev–Trinajstić information content (AvgIpc) is 2.54. The minimum atomic E-state index is -0.317. The van der Waals surface area contributed by atoms with Gasteiger partial charge in [0.2, 0.25) is 5.91 Å². The molecule has 2 atom stereocenters. The minimum absolute atomic E-state index is 0.0381. The first-order valence-electron chi connectivity index (χ1n) is 8.16. The fraction of sp³-hybridized carbons (Fsp3) is 0.588. The third-order valence-corrected chi connectivity index (χ3v) is 4.14. The van der Waals surface area contributed by atoms with E-state index in [-0.39, 0.29) is 23.8 Å². The van der Waals surface area contributed by atoms with Crippen molar-refractivity contribution in [3.8, 4) is 0 Å². The fourth-order valence-electron chi connectivity index (χ4n) is 2.83. The summed E-state index contributed by atoms with van der Waals surface area (Å²) in [6.07, 6.45) is 1.72. The van der Waals surface area contributed by atoms with Gasteiger partial charge in [0.1, 0.15) is 11.9 Å². The van der Waals surface area contributed by atoms with Crippen LogP contribution in [0.3, 0.4) is 0 Å². The molecule has 1 amide bonds. The first-order chi connectivity index (χ1) is 11.0. The molecule has 6 heteroatoms. The predicted molar refractivity (Wildman–Crippen MR) is 88.0 cm³/mol. The molecule has 1 fully saturated rings. The lowest BCUT2D eigenvalue weighted by Crippen LogP contribution is -2.48. The Morgan fingerprint density at radius 1 is 1.48 bits per heavy atom. The first-order valence-corrected chi connectivity index (χ1v) is 8.16. The van der Waals surface area contributed by atoms with Gasteiger partial charge in [-0.1, -0.05) is 6.07 Å². The van der Waals surface area contributed by atoms with Gasteiger partial charge in [0.05, 0.1) is 12.5 Å². The van der Waals surface area contributed by atoms with Crippen LogP contribution in [0.4, 0.5) is 5.82 Å². The Morgan fingerprint density at radius 2 is 2.26 bits per heavy atom. The molecular formula is C17H25N3O3. The van der Waals surface area contributed by atoms with Gasteiger partial charge < -0.3 is 10.1 Å². The van der Waals surface area contributed by atoms with Crippen molar-refractivity contribution in [2.75, 3.05) is 25.0 Å². The summed E-state index contributed by atoms with van der Waals surface area (Å²) in [7, 11) is 0. The number of hydrogen-bond donors (Lipinski definition) is 1. The maximum absolute atomic E-state index is 12.4. The minimum Gasteiger partial charge on any atom is -0.465 e. The zero-order chi connectivity index (χ0) is 16.8. The smallest absolute Gasteiger partial charge is 0.323 e. The largest absolute Gasteiger partial charge is 0.465 e. The molecule has 1 aromatic rings. The van der Waals surface area contributed by atoms with Gasteiger partial charge in [-0.2, -0.15) is 0 Å². The van der Waals surface area contributed by atoms with Gasteiger partial charge in [0, 0.05) is 12.2 Å². The molecule has 0 aromatic carbocycles. The Labute approximate surface area is 137 Å². The number of ether oxygens (including phenoxy) is 1. The molecule has 0 saturated carbocycles. The van der Waals surface area contributed by atoms with E-state index in [0.29, 0.717) is 19.0 Å². The summed E-state index contributed by atoms with van der Waals surface area (Å²) in [5, 5.41) is 2.87. The molecule has 2 rings (SSSR count). The van der Waals surface area contributed by atoms with E-state index in [9.17, 15) is 9.59 Å². The summed E-state index contributed by atoms with van der Waals surface area (Å²) in [4.78, 5) is 30.6. The number of esters is 1. The third-order valence-electron chi connectivity index (χ3n) is 4.14. The van der Waals surface area contributed by atoms with Crippen LogP contribution in [0.5, 0.6) is 0 Å². The Kier molecular flexibility index (Phi) is 6.10. The van der Waals surface area contributed by atoms with E-state index in [1.54, 1.807) is 13.0 Å². The lowest BCUT2D eigenvalue weighted by Gasteiger charge is -2.34. The molecule has 1 saturated heterocycles. The first kappa shape index (κ1) is 17.4. The second kappa shape index (κ2) is 8.06. The molecule has 6 nitrogen and oxygen atoms in total. The number of rotatable bonds is 5. The van der Waals surface area contributed by atoms with Crippen LogP contribution in [0, 0.1) is 12.8 Å². The van der Waals surface area contributed by atoms with Crippen LogP contribution >= 0.6 is 0 Å². The molecule has 0 aliphatic carbocycles. The molecular weight excluding hydrogens is 294 g/mol. The molecule has 2 unspecified atom stereocenters. The van der Waals surface area contributed by atoms with Crippen LogP contribution in [0.1, 0.15) is 32.4 Å². The van der Waals surface area contributed by atoms with Crippen LogP contribution < -0.4 is 5.32 Å². The zero-order valence-electron chi connectivity index (χ0n) is 14.0. The Bertz CT molecular complexity index is 562. The van der Waals surface area contributed by atoms with Gasteiger partial charge in [-0.3, -0.25) is 14.5 Å². The van der Waals surface area contributed by atoms with Gasteiger partial charge in [-0.15, -0.1) is 0 Å². The molecule has 0 radical (unpaired) electrons. The normalized spacial score (nSPS) is 19.9. The number of hydrogen-bond acceptors (Lipinski definition) is 5. The molecule has 2 heterocycles. The maximum atomic E-state index is 12.4. The number of likely N-dealkylation sites (tertiary alicyclic amines) is 1. The Hall–Kier alpha value is -1.95. The number of anilines is 1. The van der Waals surface area contributed by atoms with E-state index in [1.807, 2.05) is 30.9 Å². The van der Waals surface area contributed by atoms with E-state index >= 15 is 0 Å². The Morgan fingerprint density at radius 3 is 2.96 bits per heavy atom. The van der Waals surface area contributed by atoms with Gasteiger partial charge in [-0.05, 0) is 52.3 Å². The second-order valence-electron chi connectivity index (χ2n) is 5.92. The highest BCUT2D eigenvalue weighted by Gasteiger charge is 2.31. The molecule has 1 aliphatic rings. The monoisotopic (exact) mass is 319 g/mol. The van der Waals surface area contributed by atoms with Gasteiger partial charge in [-0.25, -0.2) is 4.98 Å². The summed E-state index contributed by atoms with van der Waals surface area (Å²) in [6.45, 7) is 7.27. The van der Waals surface area contributed by atoms with Crippen molar-refractivity contribution >= 4 is 17.7 Å². The van der Waals surface area contributed by atoms with Gasteiger partial charge in [0.15, 0.2) is 0 Å². The topological polar surface area (TPSA) is 71.5 Å². The molecule has 23 heavy (non-hydrogen) atoms. The van der Waals surface area contributed by atoms with Crippen molar-refractivity contribution in [2.24, 2.45) is 5.92 Å². The number of amides is 1. The molecule has 1 aromatic heterocycles. The van der Waals surface area contributed by atoms with Crippen LogP contribution in [0.25, 0.3) is 0 Å². The van der Waals surface area contributed by atoms with Crippen molar-refractivity contribution < 1.29 is 14.3 Å². The molecule has 126 valence electrons. The van der Waals surface area contributed by atoms with Crippen molar-refractivity contribution in [3.63, 3.8) is 0 Å². The molecule has 1 N–H and O–H groups in total. The van der Waals surface area contributed by atoms with Crippen molar-refractivity contribution in [2.45, 2.75) is 39.7 Å². The number of aromatic nitrogens is 1. The summed E-state index contributed by atoms with van der Waals surface area (Å²) >= 11 is 0. The fourth-order valence-corrected chi connectivity index (χ4v) is 2.83. The van der Waals surface area contributed by atoms with Crippen LogP contribution in [0.2, 0.25) is 0 Å². The standard InChI is InChI=1S/C17H25N3O3/c1-4-23-17(22)13(3)20-10-6-8-14(11-20)16(21)19-15-9-5-7-12(2)18-15/h5,7,9,13-14H,4,6,8,10-11H2,1-3H3,(H,18,19,21). The van der Waals surface area contributed by atoms with Crippen molar-refractivity contribution in [1.82, 2.24) is 9.88 Å². The summed E-state index contributed by atoms with van der Waals surface area (Å²) in [6, 6.07) is 5.22. The molecule has 0 bridgehead atoms. The van der Waals surface area contributed by atoms with Crippen molar-refractivity contribution in [3.05, 3.63) is 23.9 Å². The number of nitrogens with zero attached hydrogens (tertiary/aromatic N) is 2. The number of carbonyl (C=O) groups is 2. The number of aryl methyl sites for hydroxylation is 1. The number of nitrogens with one attached hydrogen (secondary N) is 1. The number of piperidine rings is 1. The lowest BCUT2D eigenvalue weighted by atomic mass is 9.96. The number of pyridine rings is 1. The van der Waals surface area contributed by atoms with Crippen LogP contribution in [-0.2, 0) is 14.3 Å². The van der Waals surface area contributed by atoms with Crippen molar-refractivity contribution in [1.29, 1.82) is 0 Å². The SMILES string of the molecule is CCOC(=O)C(C)N1CCCC(C(=O)Nc2cccc(C)n2)C1. The van der Waals surface area contributed by atoms with Gasteiger partial charge >= 0.3 is 5.97 Å². The predicted octanol–water partition coefficient (Wildman–Crippen LogP) is 1.99. The van der Waals surface area contributed by atoms with E-state index in [0.717, 1.165) is 25.1 Å². The highest BCUT2D eigenvalue weighted by atomic mass is 16.5. The van der Waals surface area contributed by atoms with E-state index in [4.69, 9.17) is 4.74 Å². The third kappa shape index (κ3) is 4.76. The zero-order valence-corrected chi connectivity index (χ0v) is 14.0. The van der Waals surface area contributed by atoms with E-state index in [2.05, 4.69) is 10.3 Å². The lowest BCUT2D eigenvalue weighted by molar-refractivity contribution is -0.150. The molecule has 0 spiro atoms. The second-order valence-corrected chi connectivity index (χ2v) is 5.92. The number of carbonyl (C=O) groups excluding carboxylic acids is 2. The average molecular weight is 319 g/mol. The quantitative estimate of drug-likeness (QED) is 0.840. The van der Waals surface area contributed by atoms with Crippen LogP contribution in [0.15, 0.2) is 18.2 Å². The highest BCUT2D eigenvalue weighted by Crippen LogP contribution is 2.20. The maximum Gasteiger partial charge on any atom is 0.323 e. The van der Waals surface area contributed by atoms with Gasteiger partial charge in [0.25, 0.3) is 0 Å². The summed E-state index contributed by atoms with van der Waals surface area (Å²) < 4.78 is 5.07. The van der Waals surface area contributed by atoms with Crippen LogP contribution in [-0.4, -0.2) is 47.5 Å². The van der Waals surface area contributed by atoms with E-state index < -0.39 is 0 Å². The highest BCUT2D eigenvalue weighted by molar-refractivity contribution is 5.92. The molecule has 1 aliphatic heterocycles. The summed E-state index contributed by atoms with van der Waals surface area (Å²) in [5.41, 5.74) is 0.865.